The van der Waals surface area contributed by atoms with Crippen LogP contribution in [0.25, 0.3) is 16.7 Å². The van der Waals surface area contributed by atoms with E-state index in [0.29, 0.717) is 0 Å². The molecule has 3 heteroatoms. The Balaban J connectivity index is 2.46. The second kappa shape index (κ2) is 4.05. The van der Waals surface area contributed by atoms with Crippen molar-refractivity contribution < 1.29 is 4.92 Å². The zero-order valence-corrected chi connectivity index (χ0v) is 10.8. The average molecular weight is 251 g/mol. The van der Waals surface area contributed by atoms with E-state index >= 15 is 0 Å². The van der Waals surface area contributed by atoms with Gasteiger partial charge in [-0.25, -0.2) is 0 Å². The number of hydrogen-bond acceptors (Lipinski definition) is 2. The molecule has 0 aliphatic heterocycles. The molecule has 0 heterocycles. The van der Waals surface area contributed by atoms with Crippen molar-refractivity contribution in [3.8, 4) is 11.1 Å². The van der Waals surface area contributed by atoms with Gasteiger partial charge in [0, 0.05) is 6.07 Å². The first kappa shape index (κ1) is 11.7. The van der Waals surface area contributed by atoms with E-state index in [4.69, 9.17) is 0 Å². The van der Waals surface area contributed by atoms with Gasteiger partial charge in [-0.2, -0.15) is 0 Å². The topological polar surface area (TPSA) is 43.1 Å². The van der Waals surface area contributed by atoms with Crippen molar-refractivity contribution in [3.63, 3.8) is 0 Å². The number of allylic oxidation sites excluding steroid dienone is 1. The Labute approximate surface area is 111 Å². The molecule has 0 amide bonds. The molecule has 0 N–H and O–H groups in total. The molecule has 2 aromatic carbocycles. The molecule has 0 saturated carbocycles. The van der Waals surface area contributed by atoms with Crippen LogP contribution in [0.1, 0.15) is 25.0 Å². The lowest BCUT2D eigenvalue weighted by Gasteiger charge is -2.05. The smallest absolute Gasteiger partial charge is 0.258 e. The van der Waals surface area contributed by atoms with Gasteiger partial charge >= 0.3 is 0 Å². The molecule has 3 rings (SSSR count). The van der Waals surface area contributed by atoms with Crippen LogP contribution in [0.3, 0.4) is 0 Å². The van der Waals surface area contributed by atoms with E-state index in [1.54, 1.807) is 12.1 Å². The maximum atomic E-state index is 11.3. The summed E-state index contributed by atoms with van der Waals surface area (Å²) >= 11 is 0. The number of fused-ring (bicyclic) bond motifs is 3. The van der Waals surface area contributed by atoms with Crippen LogP contribution >= 0.6 is 0 Å². The molecule has 0 bridgehead atoms. The van der Waals surface area contributed by atoms with E-state index in [1.165, 1.54) is 0 Å². The average Bonchev–Trinajstić information content (AvgIpc) is 2.72. The molecule has 0 atom stereocenters. The number of nitro benzene ring substituents is 1. The number of nitrogens with zero attached hydrogens (tertiary/aromatic N) is 1. The van der Waals surface area contributed by atoms with Gasteiger partial charge in [-0.15, -0.1) is 0 Å². The predicted molar refractivity (Wildman–Crippen MR) is 75.9 cm³/mol. The molecule has 0 unspecified atom stereocenters. The Morgan fingerprint density at radius 2 is 1.58 bits per heavy atom. The molecule has 2 aromatic rings. The molecule has 1 aliphatic carbocycles. The summed E-state index contributed by atoms with van der Waals surface area (Å²) in [7, 11) is 0. The highest BCUT2D eigenvalue weighted by Gasteiger charge is 2.30. The fraction of sp³-hybridized carbons (Fsp3) is 0.125. The third-order valence-corrected chi connectivity index (χ3v) is 3.48. The van der Waals surface area contributed by atoms with Crippen LogP contribution < -0.4 is 0 Å². The normalized spacial score (nSPS) is 12.0. The van der Waals surface area contributed by atoms with Gasteiger partial charge in [0.1, 0.15) is 0 Å². The van der Waals surface area contributed by atoms with Crippen molar-refractivity contribution in [3.05, 3.63) is 69.3 Å². The van der Waals surface area contributed by atoms with Crippen LogP contribution in [0.15, 0.2) is 48.0 Å². The maximum Gasteiger partial charge on any atom is 0.277 e. The summed E-state index contributed by atoms with van der Waals surface area (Å²) in [6.45, 7) is 4.00. The minimum absolute atomic E-state index is 0.185. The molecule has 0 fully saturated rings. The van der Waals surface area contributed by atoms with Crippen molar-refractivity contribution in [1.29, 1.82) is 0 Å². The zero-order chi connectivity index (χ0) is 13.6. The standard InChI is InChI=1S/C16H13NO2/c1-10(2)15-12-7-4-3-6-11(12)13-8-5-9-14(16(13)15)17(18)19/h3-9H,1-2H3. The van der Waals surface area contributed by atoms with Crippen LogP contribution in [0, 0.1) is 10.1 Å². The number of hydrogen-bond donors (Lipinski definition) is 0. The van der Waals surface area contributed by atoms with Crippen LogP contribution in [-0.4, -0.2) is 4.92 Å². The molecule has 0 aromatic heterocycles. The SMILES string of the molecule is CC(C)=C1c2ccccc2-c2cccc([N+](=O)[O-])c21. The molecule has 0 radical (unpaired) electrons. The van der Waals surface area contributed by atoms with E-state index < -0.39 is 0 Å². The van der Waals surface area contributed by atoms with Gasteiger partial charge in [-0.1, -0.05) is 42.0 Å². The van der Waals surface area contributed by atoms with E-state index in [0.717, 1.165) is 33.4 Å². The summed E-state index contributed by atoms with van der Waals surface area (Å²) in [4.78, 5) is 11.0. The quantitative estimate of drug-likeness (QED) is 0.474. The second-order valence-electron chi connectivity index (χ2n) is 4.88. The molecule has 0 spiro atoms. The highest BCUT2D eigenvalue weighted by Crippen LogP contribution is 2.48. The predicted octanol–water partition coefficient (Wildman–Crippen LogP) is 4.42. The van der Waals surface area contributed by atoms with E-state index in [2.05, 4.69) is 0 Å². The van der Waals surface area contributed by atoms with E-state index in [1.807, 2.05) is 44.2 Å². The fourth-order valence-electron chi connectivity index (χ4n) is 2.77. The minimum Gasteiger partial charge on any atom is -0.258 e. The Morgan fingerprint density at radius 3 is 2.21 bits per heavy atom. The second-order valence-corrected chi connectivity index (χ2v) is 4.88. The van der Waals surface area contributed by atoms with Crippen LogP contribution in [0.4, 0.5) is 5.69 Å². The van der Waals surface area contributed by atoms with Gasteiger partial charge in [0.15, 0.2) is 0 Å². The Morgan fingerprint density at radius 1 is 0.947 bits per heavy atom. The molecule has 3 nitrogen and oxygen atoms in total. The van der Waals surface area contributed by atoms with Gasteiger partial charge in [-0.05, 0) is 36.1 Å². The molecule has 1 aliphatic rings. The first-order valence-corrected chi connectivity index (χ1v) is 6.16. The van der Waals surface area contributed by atoms with Crippen LogP contribution in [-0.2, 0) is 0 Å². The lowest BCUT2D eigenvalue weighted by Crippen LogP contribution is -1.94. The minimum atomic E-state index is -0.298. The van der Waals surface area contributed by atoms with Crippen molar-refractivity contribution >= 4 is 11.3 Å². The van der Waals surface area contributed by atoms with Crippen molar-refractivity contribution in [2.75, 3.05) is 0 Å². The highest BCUT2D eigenvalue weighted by molar-refractivity contribution is 6.04. The third-order valence-electron chi connectivity index (χ3n) is 3.48. The number of nitro groups is 1. The molecular formula is C16H13NO2. The van der Waals surface area contributed by atoms with Crippen molar-refractivity contribution in [1.82, 2.24) is 0 Å². The van der Waals surface area contributed by atoms with E-state index in [-0.39, 0.29) is 10.6 Å². The number of benzene rings is 2. The summed E-state index contributed by atoms with van der Waals surface area (Å²) in [6, 6.07) is 13.3. The van der Waals surface area contributed by atoms with Gasteiger partial charge < -0.3 is 0 Å². The summed E-state index contributed by atoms with van der Waals surface area (Å²) < 4.78 is 0. The summed E-state index contributed by atoms with van der Waals surface area (Å²) in [5.74, 6) is 0. The maximum absolute atomic E-state index is 11.3. The van der Waals surface area contributed by atoms with E-state index in [9.17, 15) is 10.1 Å². The lowest BCUT2D eigenvalue weighted by atomic mass is 9.98. The highest BCUT2D eigenvalue weighted by atomic mass is 16.6. The van der Waals surface area contributed by atoms with Gasteiger partial charge in [0.25, 0.3) is 5.69 Å². The Kier molecular flexibility index (Phi) is 2.49. The molecule has 94 valence electrons. The Hall–Kier alpha value is -2.42. The summed E-state index contributed by atoms with van der Waals surface area (Å²) in [5.41, 5.74) is 6.17. The van der Waals surface area contributed by atoms with Gasteiger partial charge in [0.2, 0.25) is 0 Å². The molecular weight excluding hydrogens is 238 g/mol. The molecule has 0 saturated heterocycles. The van der Waals surface area contributed by atoms with Crippen LogP contribution in [0.5, 0.6) is 0 Å². The fourth-order valence-corrected chi connectivity index (χ4v) is 2.77. The Bertz CT molecular complexity index is 725. The lowest BCUT2D eigenvalue weighted by molar-refractivity contribution is -0.385. The van der Waals surface area contributed by atoms with Crippen molar-refractivity contribution in [2.24, 2.45) is 0 Å². The van der Waals surface area contributed by atoms with Gasteiger partial charge in [-0.3, -0.25) is 10.1 Å². The monoisotopic (exact) mass is 251 g/mol. The first-order valence-electron chi connectivity index (χ1n) is 6.16. The largest absolute Gasteiger partial charge is 0.277 e. The zero-order valence-electron chi connectivity index (χ0n) is 10.8. The summed E-state index contributed by atoms with van der Waals surface area (Å²) in [6.07, 6.45) is 0. The van der Waals surface area contributed by atoms with Gasteiger partial charge in [0.05, 0.1) is 10.5 Å². The van der Waals surface area contributed by atoms with Crippen LogP contribution in [0.2, 0.25) is 0 Å². The molecule has 19 heavy (non-hydrogen) atoms. The third kappa shape index (κ3) is 1.58. The first-order chi connectivity index (χ1) is 9.11. The summed E-state index contributed by atoms with van der Waals surface area (Å²) in [5, 5.41) is 11.3. The van der Waals surface area contributed by atoms with Crippen molar-refractivity contribution in [2.45, 2.75) is 13.8 Å². The number of rotatable bonds is 1.